The number of fused-ring (bicyclic) bond motifs is 1. The van der Waals surface area contributed by atoms with E-state index in [1.54, 1.807) is 25.1 Å². The first-order chi connectivity index (χ1) is 10.5. The summed E-state index contributed by atoms with van der Waals surface area (Å²) in [6, 6.07) is 4.19. The van der Waals surface area contributed by atoms with Crippen LogP contribution in [0.2, 0.25) is 10.0 Å². The predicted octanol–water partition coefficient (Wildman–Crippen LogP) is 2.42. The van der Waals surface area contributed by atoms with Gasteiger partial charge in [-0.05, 0) is 19.1 Å². The molecule has 9 heteroatoms. The van der Waals surface area contributed by atoms with Gasteiger partial charge in [-0.1, -0.05) is 29.3 Å². The molecule has 0 saturated heterocycles. The normalized spacial score (nSPS) is 16.3. The fraction of sp³-hybridized carbons (Fsp3) is 0.231. The van der Waals surface area contributed by atoms with Crippen molar-refractivity contribution in [1.29, 1.82) is 0 Å². The van der Waals surface area contributed by atoms with Crippen LogP contribution in [-0.4, -0.2) is 26.6 Å². The number of hydrogen-bond donors (Lipinski definition) is 2. The van der Waals surface area contributed by atoms with Gasteiger partial charge in [0, 0.05) is 0 Å². The summed E-state index contributed by atoms with van der Waals surface area (Å²) in [7, 11) is 0. The molecule has 2 N–H and O–H groups in total. The fourth-order valence-electron chi connectivity index (χ4n) is 2.19. The summed E-state index contributed by atoms with van der Waals surface area (Å²) in [6.07, 6.45) is -0.0789. The SMILES string of the molecule is Cc1nc2n(n1)[C@@H](CC(=O)Nc1cccc(Cl)c1Cl)C(=O)N2. The molecule has 0 radical (unpaired) electrons. The molecule has 114 valence electrons. The van der Waals surface area contributed by atoms with Crippen LogP contribution in [-0.2, 0) is 9.59 Å². The van der Waals surface area contributed by atoms with E-state index < -0.39 is 6.04 Å². The number of rotatable bonds is 3. The molecule has 1 atom stereocenters. The van der Waals surface area contributed by atoms with E-state index in [4.69, 9.17) is 23.2 Å². The monoisotopic (exact) mass is 339 g/mol. The number of aromatic nitrogens is 3. The number of carbonyl (C=O) groups excluding carboxylic acids is 2. The molecule has 2 heterocycles. The third kappa shape index (κ3) is 2.65. The van der Waals surface area contributed by atoms with Gasteiger partial charge in [-0.15, -0.1) is 0 Å². The van der Waals surface area contributed by atoms with E-state index >= 15 is 0 Å². The lowest BCUT2D eigenvalue weighted by Crippen LogP contribution is -2.24. The highest BCUT2D eigenvalue weighted by Crippen LogP contribution is 2.30. The van der Waals surface area contributed by atoms with Gasteiger partial charge in [0.2, 0.25) is 11.9 Å². The summed E-state index contributed by atoms with van der Waals surface area (Å²) in [6.45, 7) is 1.71. The summed E-state index contributed by atoms with van der Waals surface area (Å²) in [5.74, 6) is 0.187. The molecule has 1 aliphatic heterocycles. The highest BCUT2D eigenvalue weighted by atomic mass is 35.5. The van der Waals surface area contributed by atoms with Crippen LogP contribution in [0, 0.1) is 6.92 Å². The fourth-order valence-corrected chi connectivity index (χ4v) is 2.54. The van der Waals surface area contributed by atoms with Gasteiger partial charge >= 0.3 is 0 Å². The molecule has 0 saturated carbocycles. The van der Waals surface area contributed by atoms with Crippen LogP contribution in [0.15, 0.2) is 18.2 Å². The van der Waals surface area contributed by atoms with Crippen molar-refractivity contribution < 1.29 is 9.59 Å². The third-order valence-corrected chi connectivity index (χ3v) is 3.99. The Morgan fingerprint density at radius 3 is 3.00 bits per heavy atom. The second-order valence-corrected chi connectivity index (χ2v) is 5.57. The second kappa shape index (κ2) is 5.58. The Labute approximate surface area is 135 Å². The Hall–Kier alpha value is -2.12. The Morgan fingerprint density at radius 1 is 1.45 bits per heavy atom. The van der Waals surface area contributed by atoms with Crippen LogP contribution >= 0.6 is 23.2 Å². The van der Waals surface area contributed by atoms with Crippen LogP contribution in [0.25, 0.3) is 0 Å². The Balaban J connectivity index is 1.75. The van der Waals surface area contributed by atoms with Crippen molar-refractivity contribution in [1.82, 2.24) is 14.8 Å². The molecule has 22 heavy (non-hydrogen) atoms. The van der Waals surface area contributed by atoms with Crippen molar-refractivity contribution >= 4 is 46.7 Å². The number of anilines is 2. The highest BCUT2D eigenvalue weighted by molar-refractivity contribution is 6.44. The number of hydrogen-bond acceptors (Lipinski definition) is 4. The summed E-state index contributed by atoms with van der Waals surface area (Å²) in [5.41, 5.74) is 0.396. The quantitative estimate of drug-likeness (QED) is 0.898. The average Bonchev–Trinajstić information content (AvgIpc) is 2.93. The minimum absolute atomic E-state index is 0.0789. The Bertz CT molecular complexity index is 774. The van der Waals surface area contributed by atoms with Crippen LogP contribution in [0.3, 0.4) is 0 Å². The molecule has 1 aromatic heterocycles. The number of benzene rings is 1. The molecule has 2 amide bonds. The van der Waals surface area contributed by atoms with Gasteiger partial charge in [0.05, 0.1) is 22.2 Å². The molecular weight excluding hydrogens is 329 g/mol. The summed E-state index contributed by atoms with van der Waals surface area (Å²) < 4.78 is 1.41. The van der Waals surface area contributed by atoms with E-state index in [-0.39, 0.29) is 23.3 Å². The van der Waals surface area contributed by atoms with Crippen LogP contribution in [0.4, 0.5) is 11.6 Å². The molecule has 3 rings (SSSR count). The van der Waals surface area contributed by atoms with Gasteiger partial charge in [-0.2, -0.15) is 10.1 Å². The molecule has 0 unspecified atom stereocenters. The summed E-state index contributed by atoms with van der Waals surface area (Å²) >= 11 is 11.9. The van der Waals surface area contributed by atoms with E-state index in [0.29, 0.717) is 22.5 Å². The van der Waals surface area contributed by atoms with E-state index in [1.807, 2.05) is 0 Å². The smallest absolute Gasteiger partial charge is 0.252 e. The lowest BCUT2D eigenvalue weighted by atomic mass is 10.2. The van der Waals surface area contributed by atoms with Crippen molar-refractivity contribution in [2.24, 2.45) is 0 Å². The first-order valence-electron chi connectivity index (χ1n) is 6.43. The first kappa shape index (κ1) is 14.8. The molecule has 1 aliphatic rings. The molecule has 2 aromatic rings. The van der Waals surface area contributed by atoms with Gasteiger partial charge in [-0.25, -0.2) is 4.68 Å². The largest absolute Gasteiger partial charge is 0.325 e. The first-order valence-corrected chi connectivity index (χ1v) is 7.19. The number of amides is 2. The molecule has 0 spiro atoms. The zero-order valence-corrected chi connectivity index (χ0v) is 12.9. The number of nitrogens with zero attached hydrogens (tertiary/aromatic N) is 3. The minimum Gasteiger partial charge on any atom is -0.325 e. The zero-order chi connectivity index (χ0) is 15.9. The van der Waals surface area contributed by atoms with Crippen molar-refractivity contribution in [2.45, 2.75) is 19.4 Å². The van der Waals surface area contributed by atoms with E-state index in [1.165, 1.54) is 4.68 Å². The number of nitrogens with one attached hydrogen (secondary N) is 2. The maximum absolute atomic E-state index is 12.1. The maximum Gasteiger partial charge on any atom is 0.252 e. The van der Waals surface area contributed by atoms with Gasteiger partial charge in [-0.3, -0.25) is 14.9 Å². The number of carbonyl (C=O) groups is 2. The zero-order valence-electron chi connectivity index (χ0n) is 11.4. The number of aryl methyl sites for hydroxylation is 1. The molecule has 0 bridgehead atoms. The lowest BCUT2D eigenvalue weighted by molar-refractivity contribution is -0.123. The predicted molar refractivity (Wildman–Crippen MR) is 82.1 cm³/mol. The molecule has 0 fully saturated rings. The second-order valence-electron chi connectivity index (χ2n) is 4.79. The average molecular weight is 340 g/mol. The van der Waals surface area contributed by atoms with Crippen LogP contribution in [0.5, 0.6) is 0 Å². The Morgan fingerprint density at radius 2 is 2.23 bits per heavy atom. The van der Waals surface area contributed by atoms with Crippen LogP contribution < -0.4 is 10.6 Å². The van der Waals surface area contributed by atoms with Crippen LogP contribution in [0.1, 0.15) is 18.3 Å². The third-order valence-electron chi connectivity index (χ3n) is 3.17. The van der Waals surface area contributed by atoms with Gasteiger partial charge in [0.1, 0.15) is 11.9 Å². The van der Waals surface area contributed by atoms with E-state index in [2.05, 4.69) is 20.7 Å². The standard InChI is InChI=1S/C13H11Cl2N5O2/c1-6-16-13-18-12(22)9(20(13)19-6)5-10(21)17-8-4-2-3-7(14)11(8)15/h2-4,9H,5H2,1H3,(H,17,21)(H,16,18,19,22)/t9-/m0/s1. The maximum atomic E-state index is 12.1. The van der Waals surface area contributed by atoms with E-state index in [9.17, 15) is 9.59 Å². The molecular formula is C13H11Cl2N5O2. The van der Waals surface area contributed by atoms with Gasteiger partial charge in [0.25, 0.3) is 5.91 Å². The van der Waals surface area contributed by atoms with Crippen molar-refractivity contribution in [3.05, 3.63) is 34.1 Å². The van der Waals surface area contributed by atoms with Crippen molar-refractivity contribution in [3.8, 4) is 0 Å². The van der Waals surface area contributed by atoms with Crippen molar-refractivity contribution in [2.75, 3.05) is 10.6 Å². The molecule has 1 aromatic carbocycles. The summed E-state index contributed by atoms with van der Waals surface area (Å²) in [5, 5.41) is 9.93. The van der Waals surface area contributed by atoms with Gasteiger partial charge < -0.3 is 5.32 Å². The highest BCUT2D eigenvalue weighted by Gasteiger charge is 2.34. The van der Waals surface area contributed by atoms with Crippen molar-refractivity contribution in [3.63, 3.8) is 0 Å². The topological polar surface area (TPSA) is 88.9 Å². The molecule has 7 nitrogen and oxygen atoms in total. The van der Waals surface area contributed by atoms with Gasteiger partial charge in [0.15, 0.2) is 0 Å². The molecule has 0 aliphatic carbocycles. The number of halogens is 2. The lowest BCUT2D eigenvalue weighted by Gasteiger charge is -2.11. The van der Waals surface area contributed by atoms with E-state index in [0.717, 1.165) is 0 Å². The summed E-state index contributed by atoms with van der Waals surface area (Å²) in [4.78, 5) is 28.1. The minimum atomic E-state index is -0.728. The Kier molecular flexibility index (Phi) is 3.76.